The van der Waals surface area contributed by atoms with Gasteiger partial charge in [0.15, 0.2) is 5.82 Å². The van der Waals surface area contributed by atoms with Crippen LogP contribution in [0.25, 0.3) is 22.3 Å². The summed E-state index contributed by atoms with van der Waals surface area (Å²) < 4.78 is 0.780. The summed E-state index contributed by atoms with van der Waals surface area (Å²) >= 11 is 3.45. The largest absolute Gasteiger partial charge is 0.244 e. The highest BCUT2D eigenvalue weighted by Gasteiger charge is 2.07. The third-order valence-corrected chi connectivity index (χ3v) is 2.98. The summed E-state index contributed by atoms with van der Waals surface area (Å²) in [5.41, 5.74) is 1.70. The van der Waals surface area contributed by atoms with Crippen LogP contribution >= 0.6 is 15.9 Å². The maximum absolute atomic E-state index is 4.49. The first-order valence-electron chi connectivity index (χ1n) is 5.02. The van der Waals surface area contributed by atoms with E-state index >= 15 is 0 Å². The molecule has 3 rings (SSSR count). The third kappa shape index (κ3) is 1.89. The smallest absolute Gasteiger partial charge is 0.164 e. The third-order valence-electron chi connectivity index (χ3n) is 2.38. The van der Waals surface area contributed by atoms with Crippen molar-refractivity contribution in [1.82, 2.24) is 19.9 Å². The summed E-state index contributed by atoms with van der Waals surface area (Å²) in [4.78, 5) is 16.8. The maximum atomic E-state index is 4.49. The molecule has 0 saturated carbocycles. The number of halogens is 1. The van der Waals surface area contributed by atoms with Gasteiger partial charge in [0.25, 0.3) is 0 Å². The van der Waals surface area contributed by atoms with Crippen LogP contribution in [0.15, 0.2) is 47.6 Å². The zero-order valence-corrected chi connectivity index (χ0v) is 10.3. The van der Waals surface area contributed by atoms with Crippen molar-refractivity contribution in [3.05, 3.63) is 47.6 Å². The molecule has 1 aromatic carbocycles. The first-order valence-corrected chi connectivity index (χ1v) is 5.81. The molecular formula is C12H7BrN4. The molecule has 0 spiro atoms. The Hall–Kier alpha value is -1.88. The maximum Gasteiger partial charge on any atom is 0.164 e. The van der Waals surface area contributed by atoms with Crippen molar-refractivity contribution in [2.24, 2.45) is 0 Å². The van der Waals surface area contributed by atoms with Crippen molar-refractivity contribution in [3.63, 3.8) is 0 Å². The molecular weight excluding hydrogens is 280 g/mol. The van der Waals surface area contributed by atoms with E-state index in [0.29, 0.717) is 5.82 Å². The molecule has 3 aromatic rings. The summed E-state index contributed by atoms with van der Waals surface area (Å²) in [6.07, 6.45) is 4.88. The van der Waals surface area contributed by atoms with E-state index in [-0.39, 0.29) is 0 Å². The summed E-state index contributed by atoms with van der Waals surface area (Å²) in [7, 11) is 0. The second kappa shape index (κ2) is 4.18. The van der Waals surface area contributed by atoms with E-state index in [1.54, 1.807) is 12.4 Å². The molecule has 0 saturated heterocycles. The van der Waals surface area contributed by atoms with Crippen molar-refractivity contribution >= 4 is 26.8 Å². The van der Waals surface area contributed by atoms with Gasteiger partial charge in [0, 0.05) is 17.8 Å². The van der Waals surface area contributed by atoms with Gasteiger partial charge in [0.05, 0.1) is 11.1 Å². The quantitative estimate of drug-likeness (QED) is 0.646. The van der Waals surface area contributed by atoms with Gasteiger partial charge in [0.2, 0.25) is 0 Å². The molecule has 0 radical (unpaired) electrons. The highest BCUT2D eigenvalue weighted by atomic mass is 79.9. The Bertz CT molecular complexity index is 670. The zero-order valence-electron chi connectivity index (χ0n) is 8.71. The van der Waals surface area contributed by atoms with Gasteiger partial charge in [-0.15, -0.1) is 0 Å². The van der Waals surface area contributed by atoms with Gasteiger partial charge < -0.3 is 0 Å². The number of nitrogens with zero attached hydrogens (tertiary/aromatic N) is 4. The number of rotatable bonds is 1. The fourth-order valence-electron chi connectivity index (χ4n) is 1.58. The molecule has 2 aromatic heterocycles. The Morgan fingerprint density at radius 1 is 0.941 bits per heavy atom. The molecule has 0 bridgehead atoms. The van der Waals surface area contributed by atoms with Gasteiger partial charge in [-0.05, 0) is 22.0 Å². The average molecular weight is 287 g/mol. The van der Waals surface area contributed by atoms with E-state index in [1.807, 2.05) is 24.3 Å². The number of fused-ring (bicyclic) bond motifs is 1. The summed E-state index contributed by atoms with van der Waals surface area (Å²) in [6.45, 7) is 0. The molecule has 0 aliphatic heterocycles. The topological polar surface area (TPSA) is 51.6 Å². The first kappa shape index (κ1) is 10.3. The van der Waals surface area contributed by atoms with Gasteiger partial charge in [-0.3, -0.25) is 0 Å². The first-order chi connectivity index (χ1) is 8.34. The van der Waals surface area contributed by atoms with Gasteiger partial charge in [-0.25, -0.2) is 19.9 Å². The lowest BCUT2D eigenvalue weighted by Gasteiger charge is -2.03. The SMILES string of the molecule is Brc1nc(-c2cncnc2)nc2ccccc12. The number of para-hydroxylation sites is 1. The van der Waals surface area contributed by atoms with E-state index in [1.165, 1.54) is 6.33 Å². The molecule has 4 nitrogen and oxygen atoms in total. The van der Waals surface area contributed by atoms with Crippen LogP contribution in [0.1, 0.15) is 0 Å². The van der Waals surface area contributed by atoms with Crippen LogP contribution in [0.5, 0.6) is 0 Å². The van der Waals surface area contributed by atoms with E-state index in [0.717, 1.165) is 21.1 Å². The molecule has 82 valence electrons. The van der Waals surface area contributed by atoms with Gasteiger partial charge >= 0.3 is 0 Å². The molecule has 0 fully saturated rings. The predicted molar refractivity (Wildman–Crippen MR) is 68.3 cm³/mol. The molecule has 0 N–H and O–H groups in total. The number of aromatic nitrogens is 4. The van der Waals surface area contributed by atoms with Crippen molar-refractivity contribution in [3.8, 4) is 11.4 Å². The number of benzene rings is 1. The predicted octanol–water partition coefficient (Wildman–Crippen LogP) is 2.85. The lowest BCUT2D eigenvalue weighted by molar-refractivity contribution is 1.13. The van der Waals surface area contributed by atoms with Crippen LogP contribution in [0.3, 0.4) is 0 Å². The molecule has 0 aliphatic carbocycles. The Morgan fingerprint density at radius 3 is 2.53 bits per heavy atom. The molecule has 0 atom stereocenters. The van der Waals surface area contributed by atoms with Crippen LogP contribution in [-0.2, 0) is 0 Å². The van der Waals surface area contributed by atoms with Crippen molar-refractivity contribution in [1.29, 1.82) is 0 Å². The molecule has 2 heterocycles. The highest BCUT2D eigenvalue weighted by molar-refractivity contribution is 9.10. The number of hydrogen-bond acceptors (Lipinski definition) is 4. The van der Waals surface area contributed by atoms with Crippen molar-refractivity contribution < 1.29 is 0 Å². The van der Waals surface area contributed by atoms with Gasteiger partial charge in [-0.1, -0.05) is 18.2 Å². The van der Waals surface area contributed by atoms with Crippen LogP contribution in [-0.4, -0.2) is 19.9 Å². The number of hydrogen-bond donors (Lipinski definition) is 0. The Labute approximate surface area is 106 Å². The van der Waals surface area contributed by atoms with Crippen LogP contribution in [0, 0.1) is 0 Å². The normalized spacial score (nSPS) is 10.6. The summed E-state index contributed by atoms with van der Waals surface area (Å²) in [5.74, 6) is 0.621. The molecule has 17 heavy (non-hydrogen) atoms. The van der Waals surface area contributed by atoms with E-state index in [4.69, 9.17) is 0 Å². The lowest BCUT2D eigenvalue weighted by atomic mass is 10.2. The van der Waals surface area contributed by atoms with Crippen LogP contribution in [0.2, 0.25) is 0 Å². The monoisotopic (exact) mass is 286 g/mol. The fraction of sp³-hybridized carbons (Fsp3) is 0. The minimum Gasteiger partial charge on any atom is -0.244 e. The Morgan fingerprint density at radius 2 is 1.71 bits per heavy atom. The lowest BCUT2D eigenvalue weighted by Crippen LogP contribution is -1.92. The van der Waals surface area contributed by atoms with E-state index < -0.39 is 0 Å². The zero-order chi connectivity index (χ0) is 11.7. The minimum atomic E-state index is 0.621. The Balaban J connectivity index is 2.26. The average Bonchev–Trinajstić information content (AvgIpc) is 2.40. The molecule has 0 amide bonds. The van der Waals surface area contributed by atoms with E-state index in [9.17, 15) is 0 Å². The fourth-order valence-corrected chi connectivity index (χ4v) is 2.08. The van der Waals surface area contributed by atoms with Crippen molar-refractivity contribution in [2.45, 2.75) is 0 Å². The van der Waals surface area contributed by atoms with Crippen LogP contribution < -0.4 is 0 Å². The minimum absolute atomic E-state index is 0.621. The standard InChI is InChI=1S/C12H7BrN4/c13-11-9-3-1-2-4-10(9)16-12(17-11)8-5-14-7-15-6-8/h1-7H. The summed E-state index contributed by atoms with van der Waals surface area (Å²) in [5, 5.41) is 0.994. The van der Waals surface area contributed by atoms with E-state index in [2.05, 4.69) is 35.9 Å². The second-order valence-corrected chi connectivity index (χ2v) is 4.23. The Kier molecular flexibility index (Phi) is 2.53. The second-order valence-electron chi connectivity index (χ2n) is 3.48. The van der Waals surface area contributed by atoms with Crippen LogP contribution in [0.4, 0.5) is 0 Å². The molecule has 0 unspecified atom stereocenters. The van der Waals surface area contributed by atoms with Gasteiger partial charge in [0.1, 0.15) is 10.9 Å². The van der Waals surface area contributed by atoms with Crippen molar-refractivity contribution in [2.75, 3.05) is 0 Å². The summed E-state index contributed by atoms with van der Waals surface area (Å²) in [6, 6.07) is 7.84. The molecule has 5 heteroatoms. The highest BCUT2D eigenvalue weighted by Crippen LogP contribution is 2.23. The molecule has 0 aliphatic rings. The van der Waals surface area contributed by atoms with Gasteiger partial charge in [-0.2, -0.15) is 0 Å².